The number of carbonyl (C=O) groups excluding carboxylic acids is 2. The van der Waals surface area contributed by atoms with Gasteiger partial charge >= 0.3 is 0 Å². The summed E-state index contributed by atoms with van der Waals surface area (Å²) in [5.74, 6) is 0.0178. The number of thiazole rings is 1. The predicted octanol–water partition coefficient (Wildman–Crippen LogP) is 5.27. The number of anilines is 2. The number of hydrogen-bond acceptors (Lipinski definition) is 6. The number of rotatable bonds is 6. The molecule has 0 spiro atoms. The third kappa shape index (κ3) is 4.77. The van der Waals surface area contributed by atoms with E-state index in [0.29, 0.717) is 9.88 Å². The Labute approximate surface area is 169 Å². The lowest BCUT2D eigenvalue weighted by Gasteiger charge is -2.05. The van der Waals surface area contributed by atoms with Crippen LogP contribution in [-0.2, 0) is 4.79 Å². The van der Waals surface area contributed by atoms with Crippen molar-refractivity contribution >= 4 is 56.9 Å². The van der Waals surface area contributed by atoms with E-state index in [0.717, 1.165) is 33.5 Å². The molecule has 0 bridgehead atoms. The van der Waals surface area contributed by atoms with E-state index in [1.807, 2.05) is 36.6 Å². The molecule has 8 heteroatoms. The Morgan fingerprint density at radius 2 is 1.89 bits per heavy atom. The molecule has 27 heavy (non-hydrogen) atoms. The van der Waals surface area contributed by atoms with Crippen LogP contribution in [0.3, 0.4) is 0 Å². The second-order valence-electron chi connectivity index (χ2n) is 6.26. The Kier molecular flexibility index (Phi) is 5.29. The molecule has 4 rings (SSSR count). The van der Waals surface area contributed by atoms with E-state index in [9.17, 15) is 9.59 Å². The second-order valence-corrected chi connectivity index (χ2v) is 9.53. The van der Waals surface area contributed by atoms with E-state index >= 15 is 0 Å². The first-order chi connectivity index (χ1) is 13.1. The number of carbonyl (C=O) groups is 2. The van der Waals surface area contributed by atoms with Crippen molar-refractivity contribution in [3.8, 4) is 0 Å². The molecule has 1 fully saturated rings. The standard InChI is InChI=1S/C19H17N3O2S3/c1-11-10-25-19(20-11)26-14-6-4-13(5-7-14)21-18(24)15-8-9-16(27-15)22-17(23)12-2-3-12/h4-10,12H,2-3H2,1H3,(H,21,24)(H,22,23). The first-order valence-electron chi connectivity index (χ1n) is 8.49. The fourth-order valence-electron chi connectivity index (χ4n) is 2.38. The van der Waals surface area contributed by atoms with E-state index in [4.69, 9.17) is 0 Å². The lowest BCUT2D eigenvalue weighted by Crippen LogP contribution is -2.12. The summed E-state index contributed by atoms with van der Waals surface area (Å²) in [6.07, 6.45) is 1.92. The third-order valence-electron chi connectivity index (χ3n) is 3.94. The largest absolute Gasteiger partial charge is 0.321 e. The molecule has 0 radical (unpaired) electrons. The zero-order valence-electron chi connectivity index (χ0n) is 14.5. The van der Waals surface area contributed by atoms with Crippen LogP contribution in [0, 0.1) is 12.8 Å². The molecular formula is C19H17N3O2S3. The van der Waals surface area contributed by atoms with Gasteiger partial charge in [0.15, 0.2) is 4.34 Å². The van der Waals surface area contributed by atoms with Crippen molar-refractivity contribution in [3.63, 3.8) is 0 Å². The molecule has 1 aliphatic rings. The predicted molar refractivity (Wildman–Crippen MR) is 111 cm³/mol. The van der Waals surface area contributed by atoms with Gasteiger partial charge in [-0.2, -0.15) is 0 Å². The lowest BCUT2D eigenvalue weighted by molar-refractivity contribution is -0.117. The molecule has 0 saturated heterocycles. The van der Waals surface area contributed by atoms with E-state index in [1.54, 1.807) is 35.2 Å². The molecule has 1 aliphatic carbocycles. The number of nitrogens with one attached hydrogen (secondary N) is 2. The normalized spacial score (nSPS) is 13.4. The molecule has 5 nitrogen and oxygen atoms in total. The maximum absolute atomic E-state index is 12.4. The van der Waals surface area contributed by atoms with E-state index in [-0.39, 0.29) is 17.7 Å². The van der Waals surface area contributed by atoms with Crippen LogP contribution in [0.4, 0.5) is 10.7 Å². The molecule has 0 aliphatic heterocycles. The molecule has 0 unspecified atom stereocenters. The van der Waals surface area contributed by atoms with Gasteiger partial charge in [-0.1, -0.05) is 11.8 Å². The van der Waals surface area contributed by atoms with E-state index in [2.05, 4.69) is 15.6 Å². The van der Waals surface area contributed by atoms with Crippen molar-refractivity contribution < 1.29 is 9.59 Å². The Morgan fingerprint density at radius 3 is 2.56 bits per heavy atom. The van der Waals surface area contributed by atoms with Gasteiger partial charge in [-0.3, -0.25) is 9.59 Å². The highest BCUT2D eigenvalue weighted by Gasteiger charge is 2.29. The number of thiophene rings is 1. The summed E-state index contributed by atoms with van der Waals surface area (Å²) in [5.41, 5.74) is 1.76. The van der Waals surface area contributed by atoms with Gasteiger partial charge in [0.1, 0.15) is 0 Å². The van der Waals surface area contributed by atoms with Crippen molar-refractivity contribution in [1.29, 1.82) is 0 Å². The van der Waals surface area contributed by atoms with Crippen molar-refractivity contribution in [2.75, 3.05) is 10.6 Å². The maximum atomic E-state index is 12.4. The molecule has 2 aromatic heterocycles. The monoisotopic (exact) mass is 415 g/mol. The minimum atomic E-state index is -0.178. The number of aryl methyl sites for hydroxylation is 1. The van der Waals surface area contributed by atoms with Gasteiger partial charge in [0.2, 0.25) is 5.91 Å². The number of hydrogen-bond donors (Lipinski definition) is 2. The zero-order chi connectivity index (χ0) is 18.8. The summed E-state index contributed by atoms with van der Waals surface area (Å²) in [6, 6.07) is 11.2. The molecule has 3 aromatic rings. The minimum absolute atomic E-state index is 0.0484. The van der Waals surface area contributed by atoms with Gasteiger partial charge < -0.3 is 10.6 Å². The summed E-state index contributed by atoms with van der Waals surface area (Å²) in [6.45, 7) is 1.98. The Morgan fingerprint density at radius 1 is 1.11 bits per heavy atom. The summed E-state index contributed by atoms with van der Waals surface area (Å²) in [4.78, 5) is 30.3. The van der Waals surface area contributed by atoms with Crippen molar-refractivity contribution in [1.82, 2.24) is 4.98 Å². The summed E-state index contributed by atoms with van der Waals surface area (Å²) < 4.78 is 1.00. The molecule has 1 saturated carbocycles. The average molecular weight is 416 g/mol. The van der Waals surface area contributed by atoms with Crippen LogP contribution in [0.25, 0.3) is 0 Å². The van der Waals surface area contributed by atoms with Crippen molar-refractivity contribution in [2.24, 2.45) is 5.92 Å². The van der Waals surface area contributed by atoms with Gasteiger partial charge in [0, 0.05) is 27.6 Å². The SMILES string of the molecule is Cc1csc(Sc2ccc(NC(=O)c3ccc(NC(=O)C4CC4)s3)cc2)n1. The molecule has 2 N–H and O–H groups in total. The highest BCUT2D eigenvalue weighted by atomic mass is 32.2. The minimum Gasteiger partial charge on any atom is -0.321 e. The van der Waals surface area contributed by atoms with Crippen LogP contribution in [0.5, 0.6) is 0 Å². The fraction of sp³-hybridized carbons (Fsp3) is 0.211. The molecule has 2 amide bonds. The quantitative estimate of drug-likeness (QED) is 0.576. The smallest absolute Gasteiger partial charge is 0.265 e. The van der Waals surface area contributed by atoms with Gasteiger partial charge in [-0.25, -0.2) is 4.98 Å². The van der Waals surface area contributed by atoms with Crippen LogP contribution < -0.4 is 10.6 Å². The first-order valence-corrected chi connectivity index (χ1v) is 11.0. The van der Waals surface area contributed by atoms with E-state index < -0.39 is 0 Å². The van der Waals surface area contributed by atoms with Crippen LogP contribution in [0.15, 0.2) is 51.0 Å². The van der Waals surface area contributed by atoms with Crippen LogP contribution in [0.1, 0.15) is 28.2 Å². The number of benzene rings is 1. The Hall–Kier alpha value is -2.16. The lowest BCUT2D eigenvalue weighted by atomic mass is 10.3. The summed E-state index contributed by atoms with van der Waals surface area (Å²) in [7, 11) is 0. The number of nitrogens with zero attached hydrogens (tertiary/aromatic N) is 1. The van der Waals surface area contributed by atoms with Crippen LogP contribution in [0.2, 0.25) is 0 Å². The Bertz CT molecular complexity index is 974. The molecule has 2 heterocycles. The molecule has 138 valence electrons. The molecule has 0 atom stereocenters. The van der Waals surface area contributed by atoms with Gasteiger partial charge in [0.05, 0.1) is 9.88 Å². The maximum Gasteiger partial charge on any atom is 0.265 e. The van der Waals surface area contributed by atoms with Gasteiger partial charge in [0.25, 0.3) is 5.91 Å². The van der Waals surface area contributed by atoms with Crippen molar-refractivity contribution in [2.45, 2.75) is 29.0 Å². The van der Waals surface area contributed by atoms with Crippen molar-refractivity contribution in [3.05, 3.63) is 52.3 Å². The van der Waals surface area contributed by atoms with Gasteiger partial charge in [-0.05, 0) is 56.2 Å². The highest BCUT2D eigenvalue weighted by molar-refractivity contribution is 8.01. The summed E-state index contributed by atoms with van der Waals surface area (Å²) in [5, 5.41) is 8.50. The third-order valence-corrected chi connectivity index (χ3v) is 7.00. The number of amides is 2. The van der Waals surface area contributed by atoms with Gasteiger partial charge in [-0.15, -0.1) is 22.7 Å². The average Bonchev–Trinajstić information content (AvgIpc) is 3.28. The summed E-state index contributed by atoms with van der Waals surface area (Å²) >= 11 is 4.51. The number of aromatic nitrogens is 1. The van der Waals surface area contributed by atoms with E-state index in [1.165, 1.54) is 11.3 Å². The zero-order valence-corrected chi connectivity index (χ0v) is 17.0. The topological polar surface area (TPSA) is 71.1 Å². The fourth-order valence-corrected chi connectivity index (χ4v) is 4.99. The highest BCUT2D eigenvalue weighted by Crippen LogP contribution is 2.32. The first kappa shape index (κ1) is 18.2. The Balaban J connectivity index is 1.35. The molecule has 1 aromatic carbocycles. The second kappa shape index (κ2) is 7.84. The molecular weight excluding hydrogens is 398 g/mol. The van der Waals surface area contributed by atoms with Crippen LogP contribution in [-0.4, -0.2) is 16.8 Å². The van der Waals surface area contributed by atoms with Crippen LogP contribution >= 0.6 is 34.4 Å².